The van der Waals surface area contributed by atoms with Crippen molar-refractivity contribution in [3.63, 3.8) is 0 Å². The van der Waals surface area contributed by atoms with Crippen molar-refractivity contribution in [2.24, 2.45) is 11.3 Å². The van der Waals surface area contributed by atoms with Gasteiger partial charge < -0.3 is 4.90 Å². The zero-order valence-electron chi connectivity index (χ0n) is 12.1. The van der Waals surface area contributed by atoms with Crippen LogP contribution in [0.4, 0.5) is 0 Å². The molecule has 0 atom stereocenters. The molecule has 2 heteroatoms. The van der Waals surface area contributed by atoms with Gasteiger partial charge in [-0.15, -0.1) is 0 Å². The summed E-state index contributed by atoms with van der Waals surface area (Å²) in [5, 5.41) is 0. The Bertz CT molecular complexity index is 213. The molecule has 0 heterocycles. The molecule has 0 saturated carbocycles. The molecule has 0 fully saturated rings. The summed E-state index contributed by atoms with van der Waals surface area (Å²) >= 11 is 0. The number of hydrogen-bond acceptors (Lipinski definition) is 2. The first-order valence-electron chi connectivity index (χ1n) is 6.42. The van der Waals surface area contributed by atoms with Crippen LogP contribution in [0, 0.1) is 11.3 Å². The third-order valence-electron chi connectivity index (χ3n) is 2.79. The molecule has 0 aromatic rings. The van der Waals surface area contributed by atoms with Gasteiger partial charge in [0.05, 0.1) is 0 Å². The molecule has 0 aliphatic carbocycles. The van der Waals surface area contributed by atoms with E-state index in [1.165, 1.54) is 0 Å². The summed E-state index contributed by atoms with van der Waals surface area (Å²) in [6, 6.07) is 0.523. The van der Waals surface area contributed by atoms with Gasteiger partial charge >= 0.3 is 0 Å². The Morgan fingerprint density at radius 2 is 1.62 bits per heavy atom. The Labute approximate surface area is 101 Å². The summed E-state index contributed by atoms with van der Waals surface area (Å²) < 4.78 is 0. The first-order valence-corrected chi connectivity index (χ1v) is 6.42. The zero-order valence-corrected chi connectivity index (χ0v) is 12.1. The Balaban J connectivity index is 4.18. The molecule has 0 aromatic carbocycles. The average Bonchev–Trinajstić information content (AvgIpc) is 2.08. The zero-order chi connectivity index (χ0) is 12.9. The van der Waals surface area contributed by atoms with Crippen LogP contribution < -0.4 is 0 Å². The minimum Gasteiger partial charge on any atom is -0.300 e. The topological polar surface area (TPSA) is 20.3 Å². The van der Waals surface area contributed by atoms with E-state index in [-0.39, 0.29) is 5.41 Å². The van der Waals surface area contributed by atoms with Crippen molar-refractivity contribution in [2.75, 3.05) is 13.1 Å². The number of carbonyl (C=O) groups is 1. The molecule has 0 saturated heterocycles. The molecule has 0 aliphatic heterocycles. The first-order chi connectivity index (χ1) is 7.14. The van der Waals surface area contributed by atoms with Gasteiger partial charge in [0.1, 0.15) is 5.78 Å². The largest absolute Gasteiger partial charge is 0.300 e. The third kappa shape index (κ3) is 6.26. The van der Waals surface area contributed by atoms with Crippen LogP contribution in [0.5, 0.6) is 0 Å². The van der Waals surface area contributed by atoms with E-state index in [0.717, 1.165) is 13.1 Å². The molecular weight excluding hydrogens is 198 g/mol. The molecular formula is C14H29NO. The maximum atomic E-state index is 11.9. The number of rotatable bonds is 6. The highest BCUT2D eigenvalue weighted by Gasteiger charge is 2.22. The summed E-state index contributed by atoms with van der Waals surface area (Å²) in [6.07, 6.45) is 0.675. The molecule has 0 rings (SSSR count). The van der Waals surface area contributed by atoms with Crippen LogP contribution in [0.15, 0.2) is 0 Å². The van der Waals surface area contributed by atoms with Gasteiger partial charge in [-0.1, -0.05) is 34.6 Å². The summed E-state index contributed by atoms with van der Waals surface area (Å²) in [5.41, 5.74) is -0.194. The van der Waals surface area contributed by atoms with Crippen LogP contribution in [0.25, 0.3) is 0 Å². The fourth-order valence-electron chi connectivity index (χ4n) is 1.65. The number of ketones is 1. The molecule has 0 spiro atoms. The van der Waals surface area contributed by atoms with Crippen LogP contribution >= 0.6 is 0 Å². The van der Waals surface area contributed by atoms with Crippen molar-refractivity contribution in [2.45, 2.75) is 60.9 Å². The lowest BCUT2D eigenvalue weighted by Gasteiger charge is -2.29. The lowest BCUT2D eigenvalue weighted by atomic mass is 9.89. The lowest BCUT2D eigenvalue weighted by Crippen LogP contribution is -2.37. The van der Waals surface area contributed by atoms with E-state index < -0.39 is 0 Å². The van der Waals surface area contributed by atoms with Crippen LogP contribution in [0.2, 0.25) is 0 Å². The van der Waals surface area contributed by atoms with Gasteiger partial charge in [-0.3, -0.25) is 4.79 Å². The molecule has 0 unspecified atom stereocenters. The summed E-state index contributed by atoms with van der Waals surface area (Å²) in [5.74, 6) is 1.02. The number of hydrogen-bond donors (Lipinski definition) is 0. The standard InChI is InChI=1S/C14H29NO/c1-11(2)10-15(12(3)4)9-8-13(16)14(5,6)7/h11-12H,8-10H2,1-7H3. The SMILES string of the molecule is CC(C)CN(CCC(=O)C(C)(C)C)C(C)C. The van der Waals surface area contributed by atoms with E-state index >= 15 is 0 Å². The summed E-state index contributed by atoms with van der Waals surface area (Å²) in [7, 11) is 0. The molecule has 16 heavy (non-hydrogen) atoms. The Morgan fingerprint density at radius 3 is 1.94 bits per heavy atom. The maximum absolute atomic E-state index is 11.9. The second-order valence-corrected chi connectivity index (χ2v) is 6.41. The third-order valence-corrected chi connectivity index (χ3v) is 2.79. The van der Waals surface area contributed by atoms with Gasteiger partial charge in [0.15, 0.2) is 0 Å². The van der Waals surface area contributed by atoms with E-state index in [0.29, 0.717) is 24.2 Å². The molecule has 2 nitrogen and oxygen atoms in total. The number of Topliss-reactive ketones (excluding diaryl/α,β-unsaturated/α-hetero) is 1. The quantitative estimate of drug-likeness (QED) is 0.693. The monoisotopic (exact) mass is 227 g/mol. The van der Waals surface area contributed by atoms with Crippen LogP contribution in [0.3, 0.4) is 0 Å². The van der Waals surface area contributed by atoms with Crippen LogP contribution in [-0.4, -0.2) is 29.8 Å². The van der Waals surface area contributed by atoms with E-state index in [1.807, 2.05) is 20.8 Å². The molecule has 0 aliphatic rings. The molecule has 96 valence electrons. The first kappa shape index (κ1) is 15.6. The van der Waals surface area contributed by atoms with Crippen molar-refractivity contribution < 1.29 is 4.79 Å². The van der Waals surface area contributed by atoms with Crippen molar-refractivity contribution in [3.05, 3.63) is 0 Å². The van der Waals surface area contributed by atoms with Crippen molar-refractivity contribution in [1.29, 1.82) is 0 Å². The highest BCUT2D eigenvalue weighted by molar-refractivity contribution is 5.83. The van der Waals surface area contributed by atoms with Gasteiger partial charge in [0.2, 0.25) is 0 Å². The van der Waals surface area contributed by atoms with Crippen LogP contribution in [0.1, 0.15) is 54.9 Å². The molecule has 0 radical (unpaired) electrons. The smallest absolute Gasteiger partial charge is 0.139 e. The normalized spacial score (nSPS) is 12.9. The highest BCUT2D eigenvalue weighted by atomic mass is 16.1. The van der Waals surface area contributed by atoms with E-state index in [1.54, 1.807) is 0 Å². The Hall–Kier alpha value is -0.370. The number of nitrogens with zero attached hydrogens (tertiary/aromatic N) is 1. The van der Waals surface area contributed by atoms with Gasteiger partial charge in [-0.2, -0.15) is 0 Å². The predicted molar refractivity (Wildman–Crippen MR) is 70.6 cm³/mol. The second-order valence-electron chi connectivity index (χ2n) is 6.41. The molecule has 0 bridgehead atoms. The van der Waals surface area contributed by atoms with Gasteiger partial charge in [-0.05, 0) is 19.8 Å². The minimum absolute atomic E-state index is 0.194. The average molecular weight is 227 g/mol. The van der Waals surface area contributed by atoms with Gasteiger partial charge in [0.25, 0.3) is 0 Å². The summed E-state index contributed by atoms with van der Waals surface area (Å²) in [6.45, 7) is 16.8. The van der Waals surface area contributed by atoms with Crippen LogP contribution in [-0.2, 0) is 4.79 Å². The molecule has 0 N–H and O–H groups in total. The predicted octanol–water partition coefficient (Wildman–Crippen LogP) is 3.36. The lowest BCUT2D eigenvalue weighted by molar-refractivity contribution is -0.126. The minimum atomic E-state index is -0.194. The van der Waals surface area contributed by atoms with E-state index in [9.17, 15) is 4.79 Å². The second kappa shape index (κ2) is 6.39. The van der Waals surface area contributed by atoms with Crippen molar-refractivity contribution in [3.8, 4) is 0 Å². The molecule has 0 amide bonds. The molecule has 0 aromatic heterocycles. The Kier molecular flexibility index (Phi) is 6.24. The van der Waals surface area contributed by atoms with Gasteiger partial charge in [-0.25, -0.2) is 0 Å². The fraction of sp³-hybridized carbons (Fsp3) is 0.929. The fourth-order valence-corrected chi connectivity index (χ4v) is 1.65. The van der Waals surface area contributed by atoms with Crippen molar-refractivity contribution in [1.82, 2.24) is 4.90 Å². The van der Waals surface area contributed by atoms with Crippen molar-refractivity contribution >= 4 is 5.78 Å². The van der Waals surface area contributed by atoms with Gasteiger partial charge in [0, 0.05) is 31.0 Å². The van der Waals surface area contributed by atoms with E-state index in [4.69, 9.17) is 0 Å². The maximum Gasteiger partial charge on any atom is 0.139 e. The highest BCUT2D eigenvalue weighted by Crippen LogP contribution is 2.17. The Morgan fingerprint density at radius 1 is 1.12 bits per heavy atom. The number of carbonyl (C=O) groups excluding carboxylic acids is 1. The van der Waals surface area contributed by atoms with E-state index in [2.05, 4.69) is 32.6 Å². The summed E-state index contributed by atoms with van der Waals surface area (Å²) in [4.78, 5) is 14.2.